The van der Waals surface area contributed by atoms with E-state index in [2.05, 4.69) is 12.2 Å². The van der Waals surface area contributed by atoms with Crippen LogP contribution in [0.1, 0.15) is 35.8 Å². The summed E-state index contributed by atoms with van der Waals surface area (Å²) in [4.78, 5) is 32.2. The number of nitrogens with zero attached hydrogens (tertiary/aromatic N) is 2. The molecule has 9 heteroatoms. The number of carbonyl (C=O) groups is 1. The molecule has 1 amide bonds. The smallest absolute Gasteiger partial charge is 0.263 e. The molecule has 7 nitrogen and oxygen atoms in total. The van der Waals surface area contributed by atoms with Crippen molar-refractivity contribution in [3.05, 3.63) is 44.6 Å². The maximum atomic E-state index is 13.2. The molecular formula is C24H31N3O4S2. The number of hydrogen-bond acceptors (Lipinski definition) is 7. The number of ether oxygens (including phenoxy) is 2. The lowest BCUT2D eigenvalue weighted by atomic mass is 10.1. The van der Waals surface area contributed by atoms with E-state index in [-0.39, 0.29) is 17.2 Å². The number of aromatic nitrogens is 2. The van der Waals surface area contributed by atoms with Crippen molar-refractivity contribution < 1.29 is 14.3 Å². The van der Waals surface area contributed by atoms with Crippen LogP contribution in [0, 0.1) is 13.8 Å². The first-order chi connectivity index (χ1) is 15.9. The molecule has 3 aromatic rings. The number of carbonyl (C=O) groups excluding carboxylic acids is 1. The number of thiophene rings is 1. The van der Waals surface area contributed by atoms with Crippen LogP contribution >= 0.6 is 23.1 Å². The molecule has 0 aliphatic heterocycles. The lowest BCUT2D eigenvalue weighted by Crippen LogP contribution is -2.28. The van der Waals surface area contributed by atoms with E-state index < -0.39 is 0 Å². The topological polar surface area (TPSA) is 82.5 Å². The maximum Gasteiger partial charge on any atom is 0.263 e. The molecule has 0 saturated heterocycles. The molecule has 178 valence electrons. The Morgan fingerprint density at radius 2 is 1.97 bits per heavy atom. The standard InChI is InChI=1S/C24H31N3O4S2/c1-6-7-12-27-23(29)21-15(2)16(3)33-22(21)26-24(27)32-14-20(28)25-11-10-17-8-9-18(30-4)19(13-17)31-5/h8-9,13H,6-7,10-12,14H2,1-5H3,(H,25,28). The van der Waals surface area contributed by atoms with Gasteiger partial charge in [-0.2, -0.15) is 0 Å². The highest BCUT2D eigenvalue weighted by atomic mass is 32.2. The molecule has 3 rings (SSSR count). The van der Waals surface area contributed by atoms with Gasteiger partial charge in [0.25, 0.3) is 5.56 Å². The number of unbranched alkanes of at least 4 members (excludes halogenated alkanes) is 1. The summed E-state index contributed by atoms with van der Waals surface area (Å²) in [5, 5.41) is 4.27. The molecule has 0 aliphatic rings. The van der Waals surface area contributed by atoms with Crippen LogP contribution in [0.2, 0.25) is 0 Å². The van der Waals surface area contributed by atoms with Gasteiger partial charge in [0, 0.05) is 18.0 Å². The predicted octanol–water partition coefficient (Wildman–Crippen LogP) is 4.34. The van der Waals surface area contributed by atoms with Crippen molar-refractivity contribution in [2.45, 2.75) is 51.7 Å². The molecule has 1 aromatic carbocycles. The Morgan fingerprint density at radius 1 is 1.21 bits per heavy atom. The zero-order valence-electron chi connectivity index (χ0n) is 19.8. The van der Waals surface area contributed by atoms with E-state index in [0.29, 0.717) is 41.6 Å². The maximum absolute atomic E-state index is 13.2. The van der Waals surface area contributed by atoms with E-state index in [9.17, 15) is 9.59 Å². The van der Waals surface area contributed by atoms with E-state index in [1.807, 2.05) is 32.0 Å². The fourth-order valence-electron chi connectivity index (χ4n) is 3.50. The molecule has 2 aromatic heterocycles. The molecule has 0 unspecified atom stereocenters. The van der Waals surface area contributed by atoms with E-state index in [1.165, 1.54) is 23.1 Å². The predicted molar refractivity (Wildman–Crippen MR) is 135 cm³/mol. The zero-order chi connectivity index (χ0) is 24.0. The highest BCUT2D eigenvalue weighted by Crippen LogP contribution is 2.29. The summed E-state index contributed by atoms with van der Waals surface area (Å²) in [7, 11) is 3.20. The summed E-state index contributed by atoms with van der Waals surface area (Å²) >= 11 is 2.85. The third-order valence-electron chi connectivity index (χ3n) is 5.51. The lowest BCUT2D eigenvalue weighted by Gasteiger charge is -2.12. The second kappa shape index (κ2) is 11.6. The van der Waals surface area contributed by atoms with E-state index in [4.69, 9.17) is 14.5 Å². The van der Waals surface area contributed by atoms with Gasteiger partial charge >= 0.3 is 0 Å². The van der Waals surface area contributed by atoms with E-state index in [1.54, 1.807) is 18.8 Å². The highest BCUT2D eigenvalue weighted by molar-refractivity contribution is 7.99. The number of benzene rings is 1. The number of hydrogen-bond donors (Lipinski definition) is 1. The van der Waals surface area contributed by atoms with Crippen LogP contribution in [0.4, 0.5) is 0 Å². The van der Waals surface area contributed by atoms with E-state index in [0.717, 1.165) is 33.7 Å². The molecule has 33 heavy (non-hydrogen) atoms. The molecule has 0 bridgehead atoms. The minimum absolute atomic E-state index is 0.00772. The summed E-state index contributed by atoms with van der Waals surface area (Å²) in [5.41, 5.74) is 2.04. The lowest BCUT2D eigenvalue weighted by molar-refractivity contribution is -0.118. The van der Waals surface area contributed by atoms with Crippen LogP contribution in [-0.4, -0.2) is 42.0 Å². The van der Waals surface area contributed by atoms with Gasteiger partial charge in [0.05, 0.1) is 25.4 Å². The summed E-state index contributed by atoms with van der Waals surface area (Å²) in [6.07, 6.45) is 2.54. The first-order valence-electron chi connectivity index (χ1n) is 11.0. The number of methoxy groups -OCH3 is 2. The van der Waals surface area contributed by atoms with Crippen LogP contribution in [0.25, 0.3) is 10.2 Å². The molecule has 0 saturated carbocycles. The second-order valence-corrected chi connectivity index (χ2v) is 9.89. The van der Waals surface area contributed by atoms with Crippen molar-refractivity contribution in [3.63, 3.8) is 0 Å². The van der Waals surface area contributed by atoms with Gasteiger partial charge in [0.15, 0.2) is 16.7 Å². The molecule has 0 aliphatic carbocycles. The summed E-state index contributed by atoms with van der Waals surface area (Å²) in [6.45, 7) is 7.19. The number of amides is 1. The Labute approximate surface area is 202 Å². The van der Waals surface area contributed by atoms with E-state index >= 15 is 0 Å². The fraction of sp³-hybridized carbons (Fsp3) is 0.458. The molecule has 0 fully saturated rings. The third kappa shape index (κ3) is 5.89. The largest absolute Gasteiger partial charge is 0.493 e. The monoisotopic (exact) mass is 489 g/mol. The normalized spacial score (nSPS) is 11.1. The van der Waals surface area contributed by atoms with Crippen LogP contribution in [0.3, 0.4) is 0 Å². The number of rotatable bonds is 11. The Bertz CT molecular complexity index is 1190. The third-order valence-corrected chi connectivity index (χ3v) is 7.58. The Hall–Kier alpha value is -2.52. The van der Waals surface area contributed by atoms with Crippen molar-refractivity contribution in [2.75, 3.05) is 26.5 Å². The first kappa shape index (κ1) is 25.1. The van der Waals surface area contributed by atoms with Crippen molar-refractivity contribution in [2.24, 2.45) is 0 Å². The molecule has 0 atom stereocenters. The number of thioether (sulfide) groups is 1. The molecule has 0 spiro atoms. The van der Waals surface area contributed by atoms with Gasteiger partial charge in [-0.1, -0.05) is 31.2 Å². The van der Waals surface area contributed by atoms with Gasteiger partial charge in [-0.25, -0.2) is 4.98 Å². The van der Waals surface area contributed by atoms with Crippen molar-refractivity contribution in [3.8, 4) is 11.5 Å². The van der Waals surface area contributed by atoms with Crippen molar-refractivity contribution in [1.82, 2.24) is 14.9 Å². The highest BCUT2D eigenvalue weighted by Gasteiger charge is 2.17. The number of nitrogens with one attached hydrogen (secondary N) is 1. The van der Waals surface area contributed by atoms with Crippen LogP contribution in [0.5, 0.6) is 11.5 Å². The summed E-state index contributed by atoms with van der Waals surface area (Å²) < 4.78 is 12.3. The van der Waals surface area contributed by atoms with Crippen LogP contribution < -0.4 is 20.3 Å². The SMILES string of the molecule is CCCCn1c(SCC(=O)NCCc2ccc(OC)c(OC)c2)nc2sc(C)c(C)c2c1=O. The Kier molecular flexibility index (Phi) is 8.80. The van der Waals surface area contributed by atoms with Crippen LogP contribution in [-0.2, 0) is 17.8 Å². The van der Waals surface area contributed by atoms with Gasteiger partial charge in [-0.15, -0.1) is 11.3 Å². The molecular weight excluding hydrogens is 458 g/mol. The quantitative estimate of drug-likeness (QED) is 0.319. The first-order valence-corrected chi connectivity index (χ1v) is 12.8. The molecule has 2 heterocycles. The average molecular weight is 490 g/mol. The average Bonchev–Trinajstić information content (AvgIpc) is 3.10. The Balaban J connectivity index is 1.64. The van der Waals surface area contributed by atoms with Gasteiger partial charge in [0.2, 0.25) is 5.91 Å². The molecule has 1 N–H and O–H groups in total. The minimum atomic E-state index is -0.0876. The number of fused-ring (bicyclic) bond motifs is 1. The second-order valence-electron chi connectivity index (χ2n) is 7.75. The number of aryl methyl sites for hydroxylation is 2. The summed E-state index contributed by atoms with van der Waals surface area (Å²) in [5.74, 6) is 1.47. The Morgan fingerprint density at radius 3 is 2.67 bits per heavy atom. The van der Waals surface area contributed by atoms with Gasteiger partial charge in [-0.3, -0.25) is 14.2 Å². The van der Waals surface area contributed by atoms with Crippen LogP contribution in [0.15, 0.2) is 28.2 Å². The summed E-state index contributed by atoms with van der Waals surface area (Å²) in [6, 6.07) is 5.73. The fourth-order valence-corrected chi connectivity index (χ4v) is 5.42. The zero-order valence-corrected chi connectivity index (χ0v) is 21.5. The van der Waals surface area contributed by atoms with Crippen molar-refractivity contribution in [1.29, 1.82) is 0 Å². The van der Waals surface area contributed by atoms with Gasteiger partial charge in [-0.05, 0) is 49.9 Å². The molecule has 0 radical (unpaired) electrons. The minimum Gasteiger partial charge on any atom is -0.493 e. The van der Waals surface area contributed by atoms with Crippen molar-refractivity contribution >= 4 is 39.2 Å². The van der Waals surface area contributed by atoms with Gasteiger partial charge in [0.1, 0.15) is 4.83 Å². The van der Waals surface area contributed by atoms with Gasteiger partial charge < -0.3 is 14.8 Å².